The zero-order valence-electron chi connectivity index (χ0n) is 13.9. The lowest BCUT2D eigenvalue weighted by Crippen LogP contribution is -2.40. The Kier molecular flexibility index (Phi) is 4.31. The van der Waals surface area contributed by atoms with Crippen molar-refractivity contribution in [3.05, 3.63) is 76.4 Å². The van der Waals surface area contributed by atoms with E-state index >= 15 is 0 Å². The second kappa shape index (κ2) is 6.77. The fourth-order valence-corrected chi connectivity index (χ4v) is 3.30. The Morgan fingerprint density at radius 3 is 2.50 bits per heavy atom. The Hall–Kier alpha value is -2.92. The number of H-pyrrole nitrogens is 1. The molecule has 0 aliphatic carbocycles. The summed E-state index contributed by atoms with van der Waals surface area (Å²) in [4.78, 5) is 26.7. The van der Waals surface area contributed by atoms with Gasteiger partial charge in [0.15, 0.2) is 0 Å². The molecule has 26 heavy (non-hydrogen) atoms. The van der Waals surface area contributed by atoms with Gasteiger partial charge < -0.3 is 4.90 Å². The predicted octanol–water partition coefficient (Wildman–Crippen LogP) is 3.50. The molecule has 0 radical (unpaired) electrons. The van der Waals surface area contributed by atoms with Gasteiger partial charge in [0.05, 0.1) is 12.2 Å². The van der Waals surface area contributed by atoms with Crippen molar-refractivity contribution in [2.45, 2.75) is 13.0 Å². The van der Waals surface area contributed by atoms with Crippen LogP contribution in [0.25, 0.3) is 11.3 Å². The second-order valence-corrected chi connectivity index (χ2v) is 6.64. The molecule has 0 fully saturated rings. The number of nitrogens with zero attached hydrogens (tertiary/aromatic N) is 2. The molecule has 0 saturated heterocycles. The van der Waals surface area contributed by atoms with E-state index in [1.54, 1.807) is 29.2 Å². The van der Waals surface area contributed by atoms with E-state index < -0.39 is 11.7 Å². The number of aromatic amines is 1. The number of fused-ring (bicyclic) bond motifs is 1. The number of carbonyl (C=O) groups is 2. The van der Waals surface area contributed by atoms with Crippen LogP contribution in [0.5, 0.6) is 0 Å². The molecule has 0 unspecified atom stereocenters. The molecule has 0 bridgehead atoms. The molecule has 0 saturated carbocycles. The summed E-state index contributed by atoms with van der Waals surface area (Å²) in [6.45, 7) is 0.855. The second-order valence-electron chi connectivity index (χ2n) is 6.21. The highest BCUT2D eigenvalue weighted by molar-refractivity contribution is 6.42. The maximum absolute atomic E-state index is 12.7. The summed E-state index contributed by atoms with van der Waals surface area (Å²) < 4.78 is 0. The van der Waals surface area contributed by atoms with Crippen LogP contribution in [0.1, 0.15) is 21.6 Å². The molecule has 0 spiro atoms. The highest BCUT2D eigenvalue weighted by Crippen LogP contribution is 2.29. The van der Waals surface area contributed by atoms with Crippen LogP contribution < -0.4 is 0 Å². The number of aromatic nitrogens is 2. The molecule has 2 aromatic carbocycles. The summed E-state index contributed by atoms with van der Waals surface area (Å²) in [6, 6.07) is 16.1. The van der Waals surface area contributed by atoms with E-state index in [2.05, 4.69) is 10.2 Å². The first-order valence-electron chi connectivity index (χ1n) is 8.34. The molecule has 1 aliphatic heterocycles. The van der Waals surface area contributed by atoms with Crippen LogP contribution in [-0.2, 0) is 17.8 Å². The number of carbonyl (C=O) groups excluding carboxylic acids is 2. The maximum atomic E-state index is 12.7. The van der Waals surface area contributed by atoms with Crippen molar-refractivity contribution in [3.63, 3.8) is 0 Å². The molecule has 130 valence electrons. The molecule has 1 aromatic heterocycles. The largest absolute Gasteiger partial charge is 0.331 e. The number of halogens is 1. The summed E-state index contributed by atoms with van der Waals surface area (Å²) in [7, 11) is 0. The third-order valence-corrected chi connectivity index (χ3v) is 4.82. The lowest BCUT2D eigenvalue weighted by atomic mass is 10.00. The molecule has 1 amide bonds. The van der Waals surface area contributed by atoms with Crippen molar-refractivity contribution < 1.29 is 9.59 Å². The fraction of sp³-hybridized carbons (Fsp3) is 0.150. The molecule has 6 heteroatoms. The van der Waals surface area contributed by atoms with Gasteiger partial charge in [0.2, 0.25) is 5.78 Å². The summed E-state index contributed by atoms with van der Waals surface area (Å²) in [5.74, 6) is -0.962. The number of hydrogen-bond acceptors (Lipinski definition) is 3. The molecule has 0 atom stereocenters. The number of hydrogen-bond donors (Lipinski definition) is 1. The molecule has 1 N–H and O–H groups in total. The third-order valence-electron chi connectivity index (χ3n) is 4.57. The number of amides is 1. The zero-order chi connectivity index (χ0) is 18.1. The minimum absolute atomic E-state index is 0.362. The van der Waals surface area contributed by atoms with Crippen molar-refractivity contribution in [3.8, 4) is 11.3 Å². The first kappa shape index (κ1) is 16.5. The van der Waals surface area contributed by atoms with Gasteiger partial charge in [-0.2, -0.15) is 5.10 Å². The van der Waals surface area contributed by atoms with Crippen LogP contribution >= 0.6 is 11.6 Å². The first-order chi connectivity index (χ1) is 12.6. The zero-order valence-corrected chi connectivity index (χ0v) is 14.7. The standard InChI is InChI=1S/C20H16ClN3O2/c21-15-8-6-13(7-9-15)18-16-12-24(11-10-17(16)22-23-18)20(26)19(25)14-4-2-1-3-5-14/h1-9H,10-12H2,(H,22,23). The molecule has 3 aromatic rings. The number of Topliss-reactive ketones (excluding diaryl/α,β-unsaturated/α-hetero) is 1. The lowest BCUT2D eigenvalue weighted by molar-refractivity contribution is -0.127. The van der Waals surface area contributed by atoms with Gasteiger partial charge >= 0.3 is 0 Å². The van der Waals surface area contributed by atoms with Gasteiger partial charge in [-0.1, -0.05) is 54.1 Å². The van der Waals surface area contributed by atoms with Gasteiger partial charge in [0.1, 0.15) is 0 Å². The van der Waals surface area contributed by atoms with Crippen molar-refractivity contribution >= 4 is 23.3 Å². The minimum Gasteiger partial charge on any atom is -0.331 e. The Labute approximate surface area is 155 Å². The van der Waals surface area contributed by atoms with E-state index in [1.165, 1.54) is 0 Å². The summed E-state index contributed by atoms with van der Waals surface area (Å²) in [5.41, 5.74) is 4.09. The van der Waals surface area contributed by atoms with E-state index in [0.29, 0.717) is 30.1 Å². The van der Waals surface area contributed by atoms with E-state index in [1.807, 2.05) is 30.3 Å². The highest BCUT2D eigenvalue weighted by Gasteiger charge is 2.29. The average Bonchev–Trinajstić information content (AvgIpc) is 3.11. The van der Waals surface area contributed by atoms with Gasteiger partial charge in [0.25, 0.3) is 5.91 Å². The number of rotatable bonds is 3. The van der Waals surface area contributed by atoms with Crippen LogP contribution in [-0.4, -0.2) is 33.3 Å². The highest BCUT2D eigenvalue weighted by atomic mass is 35.5. The van der Waals surface area contributed by atoms with Gasteiger partial charge in [-0.15, -0.1) is 0 Å². The van der Waals surface area contributed by atoms with Crippen molar-refractivity contribution in [2.24, 2.45) is 0 Å². The third kappa shape index (κ3) is 3.02. The van der Waals surface area contributed by atoms with E-state index in [-0.39, 0.29) is 0 Å². The van der Waals surface area contributed by atoms with Crippen molar-refractivity contribution in [2.75, 3.05) is 6.54 Å². The van der Waals surface area contributed by atoms with Gasteiger partial charge in [-0.25, -0.2) is 0 Å². The lowest BCUT2D eigenvalue weighted by Gasteiger charge is -2.26. The smallest absolute Gasteiger partial charge is 0.295 e. The predicted molar refractivity (Wildman–Crippen MR) is 98.9 cm³/mol. The van der Waals surface area contributed by atoms with Crippen LogP contribution in [0.2, 0.25) is 5.02 Å². The molecule has 1 aliphatic rings. The summed E-state index contributed by atoms with van der Waals surface area (Å²) in [6.07, 6.45) is 0.643. The molecule has 5 nitrogen and oxygen atoms in total. The topological polar surface area (TPSA) is 66.1 Å². The molecular formula is C20H16ClN3O2. The van der Waals surface area contributed by atoms with E-state index in [4.69, 9.17) is 11.6 Å². The van der Waals surface area contributed by atoms with Crippen LogP contribution in [0.4, 0.5) is 0 Å². The van der Waals surface area contributed by atoms with Crippen molar-refractivity contribution in [1.82, 2.24) is 15.1 Å². The number of benzene rings is 2. The van der Waals surface area contributed by atoms with Gasteiger partial charge in [-0.05, 0) is 12.1 Å². The fourth-order valence-electron chi connectivity index (χ4n) is 3.17. The van der Waals surface area contributed by atoms with E-state index in [0.717, 1.165) is 22.5 Å². The monoisotopic (exact) mass is 365 g/mol. The SMILES string of the molecule is O=C(C(=O)N1CCc2[nH]nc(-c3ccc(Cl)cc3)c2C1)c1ccccc1. The van der Waals surface area contributed by atoms with Crippen LogP contribution in [0, 0.1) is 0 Å². The average molecular weight is 366 g/mol. The molecule has 4 rings (SSSR count). The Morgan fingerprint density at radius 2 is 1.77 bits per heavy atom. The Bertz CT molecular complexity index is 964. The normalized spacial score (nSPS) is 13.3. The molecule has 2 heterocycles. The van der Waals surface area contributed by atoms with Gasteiger partial charge in [-0.3, -0.25) is 14.7 Å². The number of ketones is 1. The van der Waals surface area contributed by atoms with Crippen LogP contribution in [0.15, 0.2) is 54.6 Å². The first-order valence-corrected chi connectivity index (χ1v) is 8.72. The summed E-state index contributed by atoms with van der Waals surface area (Å²) in [5, 5.41) is 8.11. The van der Waals surface area contributed by atoms with Crippen LogP contribution in [0.3, 0.4) is 0 Å². The van der Waals surface area contributed by atoms with E-state index in [9.17, 15) is 9.59 Å². The number of nitrogens with one attached hydrogen (secondary N) is 1. The summed E-state index contributed by atoms with van der Waals surface area (Å²) >= 11 is 5.96. The maximum Gasteiger partial charge on any atom is 0.295 e. The van der Waals surface area contributed by atoms with Crippen molar-refractivity contribution in [1.29, 1.82) is 0 Å². The quantitative estimate of drug-likeness (QED) is 0.570. The Morgan fingerprint density at radius 1 is 1.04 bits per heavy atom. The minimum atomic E-state index is -0.481. The Balaban J connectivity index is 1.59. The molecular weight excluding hydrogens is 350 g/mol. The van der Waals surface area contributed by atoms with Gasteiger partial charge in [0, 0.05) is 40.4 Å².